The number of benzene rings is 1. The summed E-state index contributed by atoms with van der Waals surface area (Å²) in [5, 5.41) is 0. The minimum atomic E-state index is -0.0441. The van der Waals surface area contributed by atoms with E-state index in [9.17, 15) is 4.79 Å². The van der Waals surface area contributed by atoms with Crippen molar-refractivity contribution in [3.05, 3.63) is 47.9 Å². The fraction of sp³-hybridized carbons (Fsp3) is 0.353. The first-order valence-electron chi connectivity index (χ1n) is 7.56. The van der Waals surface area contributed by atoms with Gasteiger partial charge in [0.2, 0.25) is 0 Å². The van der Waals surface area contributed by atoms with Crippen LogP contribution in [0.5, 0.6) is 0 Å². The van der Waals surface area contributed by atoms with E-state index in [1.807, 2.05) is 4.90 Å². The van der Waals surface area contributed by atoms with Crippen LogP contribution in [-0.2, 0) is 6.42 Å². The molecule has 1 aromatic heterocycles. The van der Waals surface area contributed by atoms with E-state index in [0.717, 1.165) is 31.7 Å². The van der Waals surface area contributed by atoms with E-state index in [1.54, 1.807) is 18.4 Å². The van der Waals surface area contributed by atoms with Gasteiger partial charge in [0.25, 0.3) is 5.91 Å². The Hall–Kier alpha value is -2.23. The van der Waals surface area contributed by atoms with Crippen molar-refractivity contribution >= 4 is 17.3 Å². The average Bonchev–Trinajstić information content (AvgIpc) is 3.25. The van der Waals surface area contributed by atoms with Gasteiger partial charge in [0.15, 0.2) is 5.76 Å². The molecule has 2 aliphatic rings. The van der Waals surface area contributed by atoms with Gasteiger partial charge in [-0.1, -0.05) is 6.07 Å². The number of rotatable bonds is 2. The van der Waals surface area contributed by atoms with Crippen molar-refractivity contribution in [3.63, 3.8) is 0 Å². The summed E-state index contributed by atoms with van der Waals surface area (Å²) in [6.45, 7) is 2.97. The fourth-order valence-corrected chi connectivity index (χ4v) is 3.28. The summed E-state index contributed by atoms with van der Waals surface area (Å²) in [7, 11) is 0. The number of nitrogens with zero attached hydrogens (tertiary/aromatic N) is 2. The number of hydrogen-bond acceptors (Lipinski definition) is 3. The van der Waals surface area contributed by atoms with Crippen molar-refractivity contribution in [2.24, 2.45) is 0 Å². The number of carbonyl (C=O) groups is 1. The standard InChI is InChI=1S/C17H18N2O2/c20-17(16-4-3-11-21-16)19-10-7-13-5-6-14(12-15(13)19)18-8-1-2-9-18/h3-6,11-12H,1-2,7-10H2. The van der Waals surface area contributed by atoms with E-state index in [-0.39, 0.29) is 5.91 Å². The van der Waals surface area contributed by atoms with Crippen LogP contribution in [0.25, 0.3) is 0 Å². The Morgan fingerprint density at radius 1 is 1.10 bits per heavy atom. The maximum absolute atomic E-state index is 12.5. The molecule has 2 aromatic rings. The first kappa shape index (κ1) is 12.5. The predicted octanol–water partition coefficient (Wildman–Crippen LogP) is 3.08. The van der Waals surface area contributed by atoms with Crippen LogP contribution < -0.4 is 9.80 Å². The lowest BCUT2D eigenvalue weighted by Crippen LogP contribution is -2.28. The van der Waals surface area contributed by atoms with E-state index in [0.29, 0.717) is 5.76 Å². The van der Waals surface area contributed by atoms with Gasteiger partial charge in [-0.25, -0.2) is 0 Å². The summed E-state index contributed by atoms with van der Waals surface area (Å²) < 4.78 is 5.25. The average molecular weight is 282 g/mol. The molecule has 0 saturated carbocycles. The van der Waals surface area contributed by atoms with E-state index in [1.165, 1.54) is 24.1 Å². The molecule has 0 aliphatic carbocycles. The Morgan fingerprint density at radius 3 is 2.71 bits per heavy atom. The van der Waals surface area contributed by atoms with Gasteiger partial charge in [-0.15, -0.1) is 0 Å². The van der Waals surface area contributed by atoms with Gasteiger partial charge in [-0.3, -0.25) is 4.79 Å². The van der Waals surface area contributed by atoms with Crippen molar-refractivity contribution in [1.82, 2.24) is 0 Å². The van der Waals surface area contributed by atoms with Gasteiger partial charge in [-0.05, 0) is 49.1 Å². The van der Waals surface area contributed by atoms with Crippen LogP contribution in [0.2, 0.25) is 0 Å². The second kappa shape index (κ2) is 4.95. The molecule has 0 N–H and O–H groups in total. The molecule has 1 saturated heterocycles. The van der Waals surface area contributed by atoms with Crippen LogP contribution in [0.3, 0.4) is 0 Å². The highest BCUT2D eigenvalue weighted by molar-refractivity contribution is 6.05. The van der Waals surface area contributed by atoms with Crippen molar-refractivity contribution in [2.45, 2.75) is 19.3 Å². The van der Waals surface area contributed by atoms with Gasteiger partial charge in [0.1, 0.15) is 0 Å². The third-order valence-corrected chi connectivity index (χ3v) is 4.41. The van der Waals surface area contributed by atoms with Crippen molar-refractivity contribution in [2.75, 3.05) is 29.4 Å². The molecular formula is C17H18N2O2. The molecule has 2 aliphatic heterocycles. The third-order valence-electron chi connectivity index (χ3n) is 4.41. The molecule has 0 spiro atoms. The van der Waals surface area contributed by atoms with Gasteiger partial charge < -0.3 is 14.2 Å². The van der Waals surface area contributed by atoms with Crippen LogP contribution in [-0.4, -0.2) is 25.5 Å². The van der Waals surface area contributed by atoms with Gasteiger partial charge in [0, 0.05) is 31.0 Å². The smallest absolute Gasteiger partial charge is 0.293 e. The number of furan rings is 1. The van der Waals surface area contributed by atoms with Gasteiger partial charge >= 0.3 is 0 Å². The maximum Gasteiger partial charge on any atom is 0.293 e. The summed E-state index contributed by atoms with van der Waals surface area (Å²) in [6, 6.07) is 9.99. The van der Waals surface area contributed by atoms with E-state index in [2.05, 4.69) is 23.1 Å². The summed E-state index contributed by atoms with van der Waals surface area (Å²) >= 11 is 0. The molecule has 21 heavy (non-hydrogen) atoms. The van der Waals surface area contributed by atoms with Gasteiger partial charge in [-0.2, -0.15) is 0 Å². The molecule has 4 nitrogen and oxygen atoms in total. The molecule has 1 aromatic carbocycles. The van der Waals surface area contributed by atoms with Crippen LogP contribution in [0.1, 0.15) is 29.0 Å². The minimum absolute atomic E-state index is 0.0441. The van der Waals surface area contributed by atoms with E-state index < -0.39 is 0 Å². The second-order valence-corrected chi connectivity index (χ2v) is 5.69. The maximum atomic E-state index is 12.5. The minimum Gasteiger partial charge on any atom is -0.459 e. The van der Waals surface area contributed by atoms with Crippen molar-refractivity contribution in [1.29, 1.82) is 0 Å². The highest BCUT2D eigenvalue weighted by Crippen LogP contribution is 2.34. The number of carbonyl (C=O) groups excluding carboxylic acids is 1. The molecule has 0 atom stereocenters. The van der Waals surface area contributed by atoms with Crippen LogP contribution in [0.4, 0.5) is 11.4 Å². The first-order chi connectivity index (χ1) is 10.3. The summed E-state index contributed by atoms with van der Waals surface area (Å²) in [5.41, 5.74) is 3.52. The number of hydrogen-bond donors (Lipinski definition) is 0. The molecule has 0 bridgehead atoms. The molecule has 1 fully saturated rings. The molecule has 1 amide bonds. The Balaban J connectivity index is 1.66. The highest BCUT2D eigenvalue weighted by Gasteiger charge is 2.28. The summed E-state index contributed by atoms with van der Waals surface area (Å²) in [4.78, 5) is 16.8. The normalized spacial score (nSPS) is 17.3. The lowest BCUT2D eigenvalue weighted by molar-refractivity contribution is 0.0963. The summed E-state index contributed by atoms with van der Waals surface area (Å²) in [6.07, 6.45) is 4.98. The number of anilines is 2. The Labute approximate surface area is 124 Å². The Kier molecular flexibility index (Phi) is 2.95. The topological polar surface area (TPSA) is 36.7 Å². The lowest BCUT2D eigenvalue weighted by atomic mass is 10.1. The Bertz CT molecular complexity index is 657. The van der Waals surface area contributed by atoms with E-state index >= 15 is 0 Å². The van der Waals surface area contributed by atoms with Crippen LogP contribution in [0.15, 0.2) is 41.0 Å². The first-order valence-corrected chi connectivity index (χ1v) is 7.56. The molecule has 0 radical (unpaired) electrons. The molecule has 4 rings (SSSR count). The molecule has 3 heterocycles. The third kappa shape index (κ3) is 2.11. The predicted molar refractivity (Wildman–Crippen MR) is 82.0 cm³/mol. The van der Waals surface area contributed by atoms with Crippen molar-refractivity contribution in [3.8, 4) is 0 Å². The zero-order valence-corrected chi connectivity index (χ0v) is 11.9. The monoisotopic (exact) mass is 282 g/mol. The van der Waals surface area contributed by atoms with E-state index in [4.69, 9.17) is 4.42 Å². The fourth-order valence-electron chi connectivity index (χ4n) is 3.28. The highest BCUT2D eigenvalue weighted by atomic mass is 16.3. The molecule has 0 unspecified atom stereocenters. The molecule has 4 heteroatoms. The Morgan fingerprint density at radius 2 is 1.95 bits per heavy atom. The number of amides is 1. The molecular weight excluding hydrogens is 264 g/mol. The molecule has 108 valence electrons. The summed E-state index contributed by atoms with van der Waals surface area (Å²) in [5.74, 6) is 0.367. The zero-order valence-electron chi connectivity index (χ0n) is 11.9. The quantitative estimate of drug-likeness (QED) is 0.849. The zero-order chi connectivity index (χ0) is 14.2. The lowest BCUT2D eigenvalue weighted by Gasteiger charge is -2.21. The SMILES string of the molecule is O=C(c1ccco1)N1CCc2ccc(N3CCCC3)cc21. The van der Waals surface area contributed by atoms with Crippen LogP contribution in [0, 0.1) is 0 Å². The van der Waals surface area contributed by atoms with Crippen molar-refractivity contribution < 1.29 is 9.21 Å². The second-order valence-electron chi connectivity index (χ2n) is 5.69. The largest absolute Gasteiger partial charge is 0.459 e. The van der Waals surface area contributed by atoms with Gasteiger partial charge in [0.05, 0.1) is 6.26 Å². The number of fused-ring (bicyclic) bond motifs is 1. The van der Waals surface area contributed by atoms with Crippen LogP contribution >= 0.6 is 0 Å².